The van der Waals surface area contributed by atoms with Crippen LogP contribution in [0.15, 0.2) is 29.2 Å². The summed E-state index contributed by atoms with van der Waals surface area (Å²) < 4.78 is 31.6. The van der Waals surface area contributed by atoms with Gasteiger partial charge in [0.2, 0.25) is 5.91 Å². The molecule has 11 heteroatoms. The highest BCUT2D eigenvalue weighted by Crippen LogP contribution is 2.19. The average Bonchev–Trinajstić information content (AvgIpc) is 2.71. The van der Waals surface area contributed by atoms with Crippen molar-refractivity contribution in [3.63, 3.8) is 0 Å². The largest absolute Gasteiger partial charge is 0.465 e. The summed E-state index contributed by atoms with van der Waals surface area (Å²) in [5.41, 5.74) is 0.859. The SMILES string of the molecule is CCOC(=O)CNC(=O)CN(C(=O)N1CCN(C)CC1)S(=O)(=O)c1ccc(C)cc1. The van der Waals surface area contributed by atoms with E-state index in [4.69, 9.17) is 4.74 Å². The van der Waals surface area contributed by atoms with Crippen LogP contribution in [0.4, 0.5) is 4.79 Å². The van der Waals surface area contributed by atoms with Crippen LogP contribution in [-0.2, 0) is 24.3 Å². The fourth-order valence-electron chi connectivity index (χ4n) is 2.82. The summed E-state index contributed by atoms with van der Waals surface area (Å²) in [6.45, 7) is 4.34. The van der Waals surface area contributed by atoms with E-state index in [1.54, 1.807) is 19.1 Å². The van der Waals surface area contributed by atoms with Crippen LogP contribution < -0.4 is 5.32 Å². The molecule has 1 heterocycles. The summed E-state index contributed by atoms with van der Waals surface area (Å²) in [5, 5.41) is 2.30. The minimum atomic E-state index is -4.27. The number of hydrogen-bond acceptors (Lipinski definition) is 7. The second kappa shape index (κ2) is 10.4. The smallest absolute Gasteiger partial charge is 0.334 e. The molecule has 0 radical (unpaired) electrons. The molecule has 10 nitrogen and oxygen atoms in total. The lowest BCUT2D eigenvalue weighted by atomic mass is 10.2. The zero-order valence-electron chi connectivity index (χ0n) is 17.5. The lowest BCUT2D eigenvalue weighted by Crippen LogP contribution is -2.55. The molecule has 1 fully saturated rings. The van der Waals surface area contributed by atoms with E-state index >= 15 is 0 Å². The first-order chi connectivity index (χ1) is 14.1. The fourth-order valence-corrected chi connectivity index (χ4v) is 4.16. The highest BCUT2D eigenvalue weighted by atomic mass is 32.2. The Bertz CT molecular complexity index is 864. The quantitative estimate of drug-likeness (QED) is 0.595. The van der Waals surface area contributed by atoms with E-state index in [2.05, 4.69) is 5.32 Å². The molecule has 0 aliphatic carbocycles. The number of esters is 1. The number of nitrogens with zero attached hydrogens (tertiary/aromatic N) is 3. The normalized spacial score (nSPS) is 14.8. The van der Waals surface area contributed by atoms with Gasteiger partial charge in [-0.05, 0) is 33.0 Å². The lowest BCUT2D eigenvalue weighted by molar-refractivity contribution is -0.143. The maximum Gasteiger partial charge on any atom is 0.334 e. The summed E-state index contributed by atoms with van der Waals surface area (Å²) in [4.78, 5) is 40.2. The van der Waals surface area contributed by atoms with E-state index < -0.39 is 41.0 Å². The molecular formula is C19H28N4O6S. The van der Waals surface area contributed by atoms with Gasteiger partial charge in [-0.1, -0.05) is 17.7 Å². The number of nitrogens with one attached hydrogen (secondary N) is 1. The Hall–Kier alpha value is -2.66. The summed E-state index contributed by atoms with van der Waals surface area (Å²) >= 11 is 0. The molecular weight excluding hydrogens is 412 g/mol. The zero-order valence-corrected chi connectivity index (χ0v) is 18.3. The number of benzene rings is 1. The van der Waals surface area contributed by atoms with Gasteiger partial charge in [-0.15, -0.1) is 0 Å². The number of aryl methyl sites for hydroxylation is 1. The number of carbonyl (C=O) groups excluding carboxylic acids is 3. The van der Waals surface area contributed by atoms with Gasteiger partial charge in [-0.2, -0.15) is 0 Å². The van der Waals surface area contributed by atoms with Crippen LogP contribution in [0.5, 0.6) is 0 Å². The molecule has 0 atom stereocenters. The van der Waals surface area contributed by atoms with E-state index in [-0.39, 0.29) is 11.5 Å². The zero-order chi connectivity index (χ0) is 22.3. The molecule has 1 saturated heterocycles. The number of hydrogen-bond donors (Lipinski definition) is 1. The molecule has 1 aromatic rings. The Morgan fingerprint density at radius 2 is 1.70 bits per heavy atom. The van der Waals surface area contributed by atoms with Crippen molar-refractivity contribution in [3.05, 3.63) is 29.8 Å². The van der Waals surface area contributed by atoms with Crippen molar-refractivity contribution in [1.29, 1.82) is 0 Å². The van der Waals surface area contributed by atoms with E-state index in [0.717, 1.165) is 5.56 Å². The first-order valence-electron chi connectivity index (χ1n) is 9.64. The summed E-state index contributed by atoms with van der Waals surface area (Å²) in [6, 6.07) is 5.25. The number of likely N-dealkylation sites (N-methyl/N-ethyl adjacent to an activating group) is 1. The Labute approximate surface area is 176 Å². The second-order valence-electron chi connectivity index (χ2n) is 6.98. The number of amides is 3. The topological polar surface area (TPSA) is 116 Å². The predicted octanol–water partition coefficient (Wildman–Crippen LogP) is 0.0324. The number of urea groups is 1. The van der Waals surface area contributed by atoms with Gasteiger partial charge >= 0.3 is 12.0 Å². The van der Waals surface area contributed by atoms with E-state index in [0.29, 0.717) is 30.5 Å². The molecule has 0 spiro atoms. The molecule has 0 bridgehead atoms. The fraction of sp³-hybridized carbons (Fsp3) is 0.526. The highest BCUT2D eigenvalue weighted by Gasteiger charge is 2.35. The van der Waals surface area contributed by atoms with Crippen LogP contribution in [-0.4, -0.2) is 93.4 Å². The van der Waals surface area contributed by atoms with Crippen molar-refractivity contribution in [1.82, 2.24) is 19.4 Å². The van der Waals surface area contributed by atoms with Crippen LogP contribution in [0, 0.1) is 6.92 Å². The maximum absolute atomic E-state index is 13.2. The standard InChI is InChI=1S/C19H28N4O6S/c1-4-29-18(25)13-20-17(24)14-23(19(26)22-11-9-21(3)10-12-22)30(27,28)16-7-5-15(2)6-8-16/h5-8H,4,9-14H2,1-3H3,(H,20,24). The van der Waals surface area contributed by atoms with E-state index in [1.807, 2.05) is 18.9 Å². The van der Waals surface area contributed by atoms with Gasteiger partial charge in [0.25, 0.3) is 10.0 Å². The number of carbonyl (C=O) groups is 3. The van der Waals surface area contributed by atoms with Crippen LogP contribution >= 0.6 is 0 Å². The summed E-state index contributed by atoms with van der Waals surface area (Å²) in [5.74, 6) is -1.43. The minimum absolute atomic E-state index is 0.0891. The van der Waals surface area contributed by atoms with Crippen LogP contribution in [0.3, 0.4) is 0 Å². The molecule has 166 valence electrons. The highest BCUT2D eigenvalue weighted by molar-refractivity contribution is 7.89. The van der Waals surface area contributed by atoms with Gasteiger partial charge < -0.3 is 19.9 Å². The van der Waals surface area contributed by atoms with E-state index in [9.17, 15) is 22.8 Å². The average molecular weight is 441 g/mol. The third kappa shape index (κ3) is 6.17. The van der Waals surface area contributed by atoms with Gasteiger partial charge in [0, 0.05) is 26.2 Å². The van der Waals surface area contributed by atoms with E-state index in [1.165, 1.54) is 17.0 Å². The Morgan fingerprint density at radius 3 is 2.27 bits per heavy atom. The minimum Gasteiger partial charge on any atom is -0.465 e. The Morgan fingerprint density at radius 1 is 1.10 bits per heavy atom. The predicted molar refractivity (Wildman–Crippen MR) is 109 cm³/mol. The van der Waals surface area contributed by atoms with Crippen molar-refractivity contribution in [2.45, 2.75) is 18.7 Å². The molecule has 1 aromatic carbocycles. The van der Waals surface area contributed by atoms with Gasteiger partial charge in [0.1, 0.15) is 13.1 Å². The van der Waals surface area contributed by atoms with Crippen molar-refractivity contribution >= 4 is 27.9 Å². The van der Waals surface area contributed by atoms with Crippen molar-refractivity contribution in [3.8, 4) is 0 Å². The van der Waals surface area contributed by atoms with Crippen molar-refractivity contribution < 1.29 is 27.5 Å². The monoisotopic (exact) mass is 440 g/mol. The van der Waals surface area contributed by atoms with Crippen molar-refractivity contribution in [2.24, 2.45) is 0 Å². The molecule has 0 unspecified atom stereocenters. The molecule has 1 aliphatic heterocycles. The maximum atomic E-state index is 13.2. The first-order valence-corrected chi connectivity index (χ1v) is 11.1. The number of piperazine rings is 1. The van der Waals surface area contributed by atoms with Crippen LogP contribution in [0.2, 0.25) is 0 Å². The Kier molecular flexibility index (Phi) is 8.18. The molecule has 0 aromatic heterocycles. The molecule has 3 amide bonds. The summed E-state index contributed by atoms with van der Waals surface area (Å²) in [7, 11) is -2.36. The van der Waals surface area contributed by atoms with Crippen molar-refractivity contribution in [2.75, 3.05) is 52.9 Å². The summed E-state index contributed by atoms with van der Waals surface area (Å²) in [6.07, 6.45) is 0. The van der Waals surface area contributed by atoms with Gasteiger partial charge in [0.05, 0.1) is 11.5 Å². The number of sulfonamides is 1. The van der Waals surface area contributed by atoms with Gasteiger partial charge in [0.15, 0.2) is 0 Å². The molecule has 2 rings (SSSR count). The first kappa shape index (κ1) is 23.6. The molecule has 0 saturated carbocycles. The number of ether oxygens (including phenoxy) is 1. The molecule has 1 aliphatic rings. The number of rotatable bonds is 7. The third-order valence-corrected chi connectivity index (χ3v) is 6.35. The second-order valence-corrected chi connectivity index (χ2v) is 8.84. The molecule has 30 heavy (non-hydrogen) atoms. The molecule has 1 N–H and O–H groups in total. The van der Waals surface area contributed by atoms with Gasteiger partial charge in [-0.25, -0.2) is 17.5 Å². The van der Waals surface area contributed by atoms with Crippen LogP contribution in [0.1, 0.15) is 12.5 Å². The van der Waals surface area contributed by atoms with Crippen LogP contribution in [0.25, 0.3) is 0 Å². The third-order valence-electron chi connectivity index (χ3n) is 4.62. The van der Waals surface area contributed by atoms with Gasteiger partial charge in [-0.3, -0.25) is 9.59 Å². The lowest BCUT2D eigenvalue weighted by Gasteiger charge is -2.35. The Balaban J connectivity index is 2.23.